The molecule has 0 bridgehead atoms. The number of nitrogens with zero attached hydrogens (tertiary/aromatic N) is 1. The lowest BCUT2D eigenvalue weighted by Gasteiger charge is -2.09. The Morgan fingerprint density at radius 1 is 1.10 bits per heavy atom. The van der Waals surface area contributed by atoms with Crippen LogP contribution < -0.4 is 11.1 Å². The van der Waals surface area contributed by atoms with Crippen molar-refractivity contribution in [3.05, 3.63) is 65.9 Å². The van der Waals surface area contributed by atoms with Crippen LogP contribution in [0.4, 0.5) is 11.4 Å². The fourth-order valence-electron chi connectivity index (χ4n) is 2.22. The molecule has 1 aromatic heterocycles. The fourth-order valence-corrected chi connectivity index (χ4v) is 2.22. The fraction of sp³-hybridized carbons (Fsp3) is 0.0588. The van der Waals surface area contributed by atoms with Crippen molar-refractivity contribution < 1.29 is 4.79 Å². The molecule has 4 nitrogen and oxygen atoms in total. The summed E-state index contributed by atoms with van der Waals surface area (Å²) in [5.41, 5.74) is 9.35. The number of pyridine rings is 1. The normalized spacial score (nSPS) is 10.5. The average molecular weight is 277 g/mol. The van der Waals surface area contributed by atoms with Crippen LogP contribution in [0.25, 0.3) is 10.9 Å². The Morgan fingerprint density at radius 2 is 1.81 bits per heavy atom. The van der Waals surface area contributed by atoms with Gasteiger partial charge in [-0.1, -0.05) is 36.4 Å². The molecule has 1 heterocycles. The van der Waals surface area contributed by atoms with Gasteiger partial charge in [0, 0.05) is 16.8 Å². The van der Waals surface area contributed by atoms with E-state index in [2.05, 4.69) is 10.3 Å². The zero-order valence-electron chi connectivity index (χ0n) is 11.6. The maximum atomic E-state index is 12.3. The SMILES string of the molecule is Cc1ccccc1NC(=O)c1cc(N)c2ccccc2n1. The Hall–Kier alpha value is -2.88. The van der Waals surface area contributed by atoms with E-state index in [4.69, 9.17) is 5.73 Å². The van der Waals surface area contributed by atoms with Gasteiger partial charge in [0.1, 0.15) is 5.69 Å². The third kappa shape index (κ3) is 2.56. The molecular weight excluding hydrogens is 262 g/mol. The molecular formula is C17H15N3O. The second kappa shape index (κ2) is 5.25. The summed E-state index contributed by atoms with van der Waals surface area (Å²) in [5.74, 6) is -0.262. The Kier molecular flexibility index (Phi) is 3.28. The van der Waals surface area contributed by atoms with Crippen LogP contribution in [0.1, 0.15) is 16.1 Å². The molecule has 0 unspecified atom stereocenters. The molecule has 1 amide bonds. The number of rotatable bonds is 2. The molecule has 0 aliphatic heterocycles. The van der Waals surface area contributed by atoms with E-state index in [1.807, 2.05) is 55.5 Å². The topological polar surface area (TPSA) is 68.0 Å². The highest BCUT2D eigenvalue weighted by atomic mass is 16.1. The van der Waals surface area contributed by atoms with Gasteiger partial charge in [0.2, 0.25) is 0 Å². The number of aryl methyl sites for hydroxylation is 1. The van der Waals surface area contributed by atoms with E-state index in [0.717, 1.165) is 16.6 Å². The van der Waals surface area contributed by atoms with Crippen LogP contribution in [0, 0.1) is 6.92 Å². The third-order valence-corrected chi connectivity index (χ3v) is 3.37. The number of carbonyl (C=O) groups excluding carboxylic acids is 1. The van der Waals surface area contributed by atoms with Gasteiger partial charge in [-0.25, -0.2) is 4.98 Å². The number of hydrogen-bond acceptors (Lipinski definition) is 3. The van der Waals surface area contributed by atoms with Crippen LogP contribution in [0.5, 0.6) is 0 Å². The number of fused-ring (bicyclic) bond motifs is 1. The van der Waals surface area contributed by atoms with E-state index in [9.17, 15) is 4.79 Å². The highest BCUT2D eigenvalue weighted by molar-refractivity contribution is 6.06. The van der Waals surface area contributed by atoms with E-state index in [-0.39, 0.29) is 5.91 Å². The van der Waals surface area contributed by atoms with E-state index < -0.39 is 0 Å². The van der Waals surface area contributed by atoms with Crippen LogP contribution in [0.3, 0.4) is 0 Å². The summed E-state index contributed by atoms with van der Waals surface area (Å²) in [6.07, 6.45) is 0. The number of para-hydroxylation sites is 2. The number of nitrogens with one attached hydrogen (secondary N) is 1. The van der Waals surface area contributed by atoms with E-state index in [0.29, 0.717) is 16.9 Å². The summed E-state index contributed by atoms with van der Waals surface area (Å²) in [5, 5.41) is 3.71. The molecule has 0 saturated carbocycles. The van der Waals surface area contributed by atoms with Gasteiger partial charge in [-0.15, -0.1) is 0 Å². The van der Waals surface area contributed by atoms with Gasteiger partial charge in [-0.05, 0) is 30.7 Å². The first kappa shape index (κ1) is 13.1. The smallest absolute Gasteiger partial charge is 0.274 e. The van der Waals surface area contributed by atoms with E-state index in [1.165, 1.54) is 0 Å². The predicted octanol–water partition coefficient (Wildman–Crippen LogP) is 3.38. The van der Waals surface area contributed by atoms with Crippen LogP contribution in [0.15, 0.2) is 54.6 Å². The monoisotopic (exact) mass is 277 g/mol. The van der Waals surface area contributed by atoms with Gasteiger partial charge in [0.15, 0.2) is 0 Å². The summed E-state index contributed by atoms with van der Waals surface area (Å²) >= 11 is 0. The highest BCUT2D eigenvalue weighted by Crippen LogP contribution is 2.21. The standard InChI is InChI=1S/C17H15N3O/c1-11-6-2-4-8-14(11)20-17(21)16-10-13(18)12-7-3-5-9-15(12)19-16/h2-10H,1H3,(H2,18,19)(H,20,21). The minimum atomic E-state index is -0.262. The number of nitrogens with two attached hydrogens (primary N) is 1. The van der Waals surface area contributed by atoms with Crippen molar-refractivity contribution in [2.45, 2.75) is 6.92 Å². The minimum absolute atomic E-state index is 0.262. The van der Waals surface area contributed by atoms with Crippen molar-refractivity contribution in [2.24, 2.45) is 0 Å². The number of anilines is 2. The second-order valence-corrected chi connectivity index (χ2v) is 4.88. The molecule has 0 fully saturated rings. The molecule has 21 heavy (non-hydrogen) atoms. The Bertz CT molecular complexity index is 827. The average Bonchev–Trinajstić information content (AvgIpc) is 2.49. The van der Waals surface area contributed by atoms with Crippen molar-refractivity contribution >= 4 is 28.2 Å². The van der Waals surface area contributed by atoms with Gasteiger partial charge < -0.3 is 11.1 Å². The summed E-state index contributed by atoms with van der Waals surface area (Å²) in [6.45, 7) is 1.94. The number of nitrogen functional groups attached to an aromatic ring is 1. The van der Waals surface area contributed by atoms with Gasteiger partial charge in [0.05, 0.1) is 5.52 Å². The van der Waals surface area contributed by atoms with Crippen LogP contribution in [-0.2, 0) is 0 Å². The van der Waals surface area contributed by atoms with Crippen molar-refractivity contribution in [1.29, 1.82) is 0 Å². The van der Waals surface area contributed by atoms with E-state index >= 15 is 0 Å². The number of benzene rings is 2. The summed E-state index contributed by atoms with van der Waals surface area (Å²) in [7, 11) is 0. The molecule has 0 aliphatic rings. The molecule has 3 rings (SSSR count). The van der Waals surface area contributed by atoms with E-state index in [1.54, 1.807) is 6.07 Å². The van der Waals surface area contributed by atoms with Gasteiger partial charge >= 0.3 is 0 Å². The second-order valence-electron chi connectivity index (χ2n) is 4.88. The number of amides is 1. The molecule has 0 radical (unpaired) electrons. The number of hydrogen-bond donors (Lipinski definition) is 2. The van der Waals surface area contributed by atoms with Crippen LogP contribution in [0.2, 0.25) is 0 Å². The molecule has 3 aromatic rings. The van der Waals surface area contributed by atoms with Crippen molar-refractivity contribution in [3.8, 4) is 0 Å². The van der Waals surface area contributed by atoms with Gasteiger partial charge in [-0.2, -0.15) is 0 Å². The molecule has 0 saturated heterocycles. The molecule has 4 heteroatoms. The lowest BCUT2D eigenvalue weighted by atomic mass is 10.1. The van der Waals surface area contributed by atoms with Crippen molar-refractivity contribution in [3.63, 3.8) is 0 Å². The maximum Gasteiger partial charge on any atom is 0.274 e. The van der Waals surface area contributed by atoms with Gasteiger partial charge in [0.25, 0.3) is 5.91 Å². The first-order valence-corrected chi connectivity index (χ1v) is 6.67. The zero-order valence-corrected chi connectivity index (χ0v) is 11.6. The molecule has 3 N–H and O–H groups in total. The van der Waals surface area contributed by atoms with Crippen LogP contribution in [-0.4, -0.2) is 10.9 Å². The Balaban J connectivity index is 1.97. The lowest BCUT2D eigenvalue weighted by molar-refractivity contribution is 0.102. The largest absolute Gasteiger partial charge is 0.398 e. The quantitative estimate of drug-likeness (QED) is 0.754. The van der Waals surface area contributed by atoms with Gasteiger partial charge in [-0.3, -0.25) is 4.79 Å². The number of aromatic nitrogens is 1. The molecule has 0 aliphatic carbocycles. The van der Waals surface area contributed by atoms with Crippen molar-refractivity contribution in [1.82, 2.24) is 4.98 Å². The molecule has 2 aromatic carbocycles. The molecule has 0 spiro atoms. The Morgan fingerprint density at radius 3 is 2.62 bits per heavy atom. The van der Waals surface area contributed by atoms with Crippen LogP contribution >= 0.6 is 0 Å². The summed E-state index contributed by atoms with van der Waals surface area (Å²) in [6, 6.07) is 16.7. The minimum Gasteiger partial charge on any atom is -0.398 e. The molecule has 104 valence electrons. The Labute approximate surface area is 122 Å². The maximum absolute atomic E-state index is 12.3. The highest BCUT2D eigenvalue weighted by Gasteiger charge is 2.11. The lowest BCUT2D eigenvalue weighted by Crippen LogP contribution is -2.15. The summed E-state index contributed by atoms with van der Waals surface area (Å²) in [4.78, 5) is 16.7. The summed E-state index contributed by atoms with van der Waals surface area (Å²) < 4.78 is 0. The number of carbonyl (C=O) groups is 1. The van der Waals surface area contributed by atoms with Crippen molar-refractivity contribution in [2.75, 3.05) is 11.1 Å². The zero-order chi connectivity index (χ0) is 14.8. The first-order chi connectivity index (χ1) is 10.1. The first-order valence-electron chi connectivity index (χ1n) is 6.67. The molecule has 0 atom stereocenters. The third-order valence-electron chi connectivity index (χ3n) is 3.37. The predicted molar refractivity (Wildman–Crippen MR) is 85.3 cm³/mol.